The molecule has 2 aliphatic rings. The summed E-state index contributed by atoms with van der Waals surface area (Å²) in [4.78, 5) is 38.6. The fourth-order valence-corrected chi connectivity index (χ4v) is 5.33. The number of hydrogen-bond donors (Lipinski definition) is 3. The predicted molar refractivity (Wildman–Crippen MR) is 133 cm³/mol. The van der Waals surface area contributed by atoms with Gasteiger partial charge < -0.3 is 25.2 Å². The molecule has 184 valence electrons. The Hall–Kier alpha value is -4.17. The summed E-state index contributed by atoms with van der Waals surface area (Å²) in [5.41, 5.74) is 4.96. The number of aromatic hydroxyl groups is 1. The highest BCUT2D eigenvalue weighted by Gasteiger charge is 2.41. The second-order valence-corrected chi connectivity index (χ2v) is 9.11. The van der Waals surface area contributed by atoms with Gasteiger partial charge in [0.1, 0.15) is 24.5 Å². The molecule has 0 radical (unpaired) electrons. The molecule has 8 heteroatoms. The number of phenols is 1. The lowest BCUT2D eigenvalue weighted by Crippen LogP contribution is -2.44. The summed E-state index contributed by atoms with van der Waals surface area (Å²) in [5, 5.41) is 21.8. The van der Waals surface area contributed by atoms with E-state index in [1.807, 2.05) is 36.4 Å². The zero-order valence-corrected chi connectivity index (χ0v) is 19.7. The van der Waals surface area contributed by atoms with Crippen molar-refractivity contribution in [2.75, 3.05) is 18.5 Å². The van der Waals surface area contributed by atoms with Gasteiger partial charge in [-0.05, 0) is 58.5 Å². The standard InChI is InChI=1S/C28H26N2O6/c1-16(31)30-13-12-20(17-6-9-19(32)10-7-17)26(30)28(35)29-18-8-11-22-21-4-2-3-5-23(21)27(24(22)14-18)36-15-25(33)34/h2-11,14,20,26-27,32H,12-13,15H2,1H3,(H,29,35)(H,33,34)/t20?,26-,27?/m0/s1. The van der Waals surface area contributed by atoms with Gasteiger partial charge in [-0.2, -0.15) is 0 Å². The number of ether oxygens (including phenoxy) is 1. The van der Waals surface area contributed by atoms with Crippen molar-refractivity contribution in [1.29, 1.82) is 0 Å². The SMILES string of the molecule is CC(=O)N1CCC(c2ccc(O)cc2)[C@H]1C(=O)Nc1ccc2c(c1)C(OCC(=O)O)c1ccccc1-2. The molecule has 0 aromatic heterocycles. The molecule has 0 bridgehead atoms. The first kappa shape index (κ1) is 23.6. The van der Waals surface area contributed by atoms with Crippen LogP contribution in [-0.2, 0) is 19.1 Å². The number of amides is 2. The Balaban J connectivity index is 1.43. The number of nitrogens with zero attached hydrogens (tertiary/aromatic N) is 1. The van der Waals surface area contributed by atoms with E-state index in [0.29, 0.717) is 18.7 Å². The fourth-order valence-electron chi connectivity index (χ4n) is 5.33. The van der Waals surface area contributed by atoms with Crippen molar-refractivity contribution < 1.29 is 29.3 Å². The molecule has 36 heavy (non-hydrogen) atoms. The molecular weight excluding hydrogens is 460 g/mol. The van der Waals surface area contributed by atoms with Crippen LogP contribution in [0.5, 0.6) is 5.75 Å². The highest BCUT2D eigenvalue weighted by molar-refractivity contribution is 5.98. The number of carboxylic acid groups (broad SMARTS) is 1. The van der Waals surface area contributed by atoms with Crippen LogP contribution in [0.1, 0.15) is 42.1 Å². The van der Waals surface area contributed by atoms with Gasteiger partial charge in [0.2, 0.25) is 11.8 Å². The number of benzene rings is 3. The van der Waals surface area contributed by atoms with Gasteiger partial charge in [-0.1, -0.05) is 42.5 Å². The average molecular weight is 487 g/mol. The van der Waals surface area contributed by atoms with Gasteiger partial charge in [0.15, 0.2) is 0 Å². The number of rotatable bonds is 6. The van der Waals surface area contributed by atoms with E-state index in [0.717, 1.165) is 27.8 Å². The van der Waals surface area contributed by atoms with E-state index in [1.165, 1.54) is 6.92 Å². The van der Waals surface area contributed by atoms with Crippen molar-refractivity contribution in [2.45, 2.75) is 31.4 Å². The van der Waals surface area contributed by atoms with Gasteiger partial charge in [0.25, 0.3) is 0 Å². The minimum absolute atomic E-state index is 0.139. The lowest BCUT2D eigenvalue weighted by Gasteiger charge is -2.27. The van der Waals surface area contributed by atoms with Crippen molar-refractivity contribution in [3.63, 3.8) is 0 Å². The summed E-state index contributed by atoms with van der Waals surface area (Å²) >= 11 is 0. The maximum Gasteiger partial charge on any atom is 0.329 e. The van der Waals surface area contributed by atoms with Crippen LogP contribution in [0.4, 0.5) is 5.69 Å². The Morgan fingerprint density at radius 2 is 1.72 bits per heavy atom. The maximum atomic E-state index is 13.5. The Kier molecular flexibility index (Phi) is 6.20. The van der Waals surface area contributed by atoms with E-state index in [4.69, 9.17) is 9.84 Å². The van der Waals surface area contributed by atoms with Crippen LogP contribution >= 0.6 is 0 Å². The molecule has 1 aliphatic heterocycles. The molecule has 1 fully saturated rings. The summed E-state index contributed by atoms with van der Waals surface area (Å²) in [6.07, 6.45) is 0.0710. The first-order chi connectivity index (χ1) is 17.3. The fraction of sp³-hybridized carbons (Fsp3) is 0.250. The smallest absolute Gasteiger partial charge is 0.329 e. The summed E-state index contributed by atoms with van der Waals surface area (Å²) < 4.78 is 5.72. The minimum Gasteiger partial charge on any atom is -0.508 e. The van der Waals surface area contributed by atoms with E-state index in [9.17, 15) is 19.5 Å². The number of carboxylic acids is 1. The number of aliphatic carboxylic acids is 1. The van der Waals surface area contributed by atoms with Gasteiger partial charge in [-0.15, -0.1) is 0 Å². The molecule has 0 saturated carbocycles. The first-order valence-corrected chi connectivity index (χ1v) is 11.8. The third-order valence-electron chi connectivity index (χ3n) is 6.90. The second kappa shape index (κ2) is 9.47. The number of carbonyl (C=O) groups is 3. The van der Waals surface area contributed by atoms with E-state index in [1.54, 1.807) is 35.2 Å². The third kappa shape index (κ3) is 4.31. The van der Waals surface area contributed by atoms with Crippen molar-refractivity contribution in [2.24, 2.45) is 0 Å². The second-order valence-electron chi connectivity index (χ2n) is 9.11. The zero-order chi connectivity index (χ0) is 25.4. The van der Waals surface area contributed by atoms with E-state index in [-0.39, 0.29) is 23.5 Å². The number of anilines is 1. The Morgan fingerprint density at radius 3 is 2.44 bits per heavy atom. The molecule has 3 N–H and O–H groups in total. The van der Waals surface area contributed by atoms with Crippen LogP contribution in [0.15, 0.2) is 66.7 Å². The number of hydrogen-bond acceptors (Lipinski definition) is 5. The summed E-state index contributed by atoms with van der Waals surface area (Å²) in [5.74, 6) is -1.61. The average Bonchev–Trinajstić information content (AvgIpc) is 3.43. The third-order valence-corrected chi connectivity index (χ3v) is 6.90. The number of phenolic OH excluding ortho intramolecular Hbond substituents is 1. The molecular formula is C28H26N2O6. The molecule has 8 nitrogen and oxygen atoms in total. The molecule has 2 amide bonds. The van der Waals surface area contributed by atoms with Crippen LogP contribution in [0.25, 0.3) is 11.1 Å². The molecule has 1 aliphatic carbocycles. The lowest BCUT2D eigenvalue weighted by molar-refractivity contribution is -0.143. The van der Waals surface area contributed by atoms with Crippen molar-refractivity contribution in [3.05, 3.63) is 83.4 Å². The molecule has 3 atom stereocenters. The number of fused-ring (bicyclic) bond motifs is 3. The first-order valence-electron chi connectivity index (χ1n) is 11.8. The van der Waals surface area contributed by atoms with Crippen molar-refractivity contribution >= 4 is 23.5 Å². The molecule has 5 rings (SSSR count). The lowest BCUT2D eigenvalue weighted by atomic mass is 9.91. The van der Waals surface area contributed by atoms with E-state index in [2.05, 4.69) is 5.32 Å². The number of nitrogens with one attached hydrogen (secondary N) is 1. The zero-order valence-electron chi connectivity index (χ0n) is 19.7. The highest BCUT2D eigenvalue weighted by Crippen LogP contribution is 2.46. The van der Waals surface area contributed by atoms with Gasteiger partial charge in [-0.25, -0.2) is 4.79 Å². The van der Waals surface area contributed by atoms with Crippen LogP contribution in [0, 0.1) is 0 Å². The molecule has 3 aromatic rings. The van der Waals surface area contributed by atoms with Crippen LogP contribution < -0.4 is 5.32 Å². The Bertz CT molecular complexity index is 1340. The van der Waals surface area contributed by atoms with Crippen LogP contribution in [-0.4, -0.2) is 52.1 Å². The normalized spacial score (nSPS) is 20.0. The maximum absolute atomic E-state index is 13.5. The van der Waals surface area contributed by atoms with Crippen LogP contribution in [0.3, 0.4) is 0 Å². The van der Waals surface area contributed by atoms with E-state index >= 15 is 0 Å². The van der Waals surface area contributed by atoms with Gasteiger partial charge in [-0.3, -0.25) is 9.59 Å². The molecule has 3 aromatic carbocycles. The van der Waals surface area contributed by atoms with Crippen molar-refractivity contribution in [3.8, 4) is 16.9 Å². The molecule has 2 unspecified atom stereocenters. The predicted octanol–water partition coefficient (Wildman–Crippen LogP) is 3.91. The van der Waals surface area contributed by atoms with Gasteiger partial charge >= 0.3 is 5.97 Å². The summed E-state index contributed by atoms with van der Waals surface area (Å²) in [6.45, 7) is 1.47. The number of likely N-dealkylation sites (tertiary alicyclic amines) is 1. The van der Waals surface area contributed by atoms with Gasteiger partial charge in [0.05, 0.1) is 0 Å². The Labute approximate surface area is 208 Å². The summed E-state index contributed by atoms with van der Waals surface area (Å²) in [6, 6.07) is 19.2. The largest absolute Gasteiger partial charge is 0.508 e. The molecule has 1 saturated heterocycles. The quantitative estimate of drug-likeness (QED) is 0.487. The highest BCUT2D eigenvalue weighted by atomic mass is 16.5. The summed E-state index contributed by atoms with van der Waals surface area (Å²) in [7, 11) is 0. The minimum atomic E-state index is -1.06. The van der Waals surface area contributed by atoms with Crippen molar-refractivity contribution in [1.82, 2.24) is 4.90 Å². The molecule has 0 spiro atoms. The monoisotopic (exact) mass is 486 g/mol. The van der Waals surface area contributed by atoms with E-state index < -0.39 is 24.7 Å². The number of carbonyl (C=O) groups excluding carboxylic acids is 2. The topological polar surface area (TPSA) is 116 Å². The van der Waals surface area contributed by atoms with Gasteiger partial charge in [0, 0.05) is 25.1 Å². The van der Waals surface area contributed by atoms with Crippen LogP contribution in [0.2, 0.25) is 0 Å². The Morgan fingerprint density at radius 1 is 1.00 bits per heavy atom. The molecule has 1 heterocycles.